The van der Waals surface area contributed by atoms with Crippen LogP contribution in [0.4, 0.5) is 5.69 Å². The smallest absolute Gasteiger partial charge is 0.226 e. The van der Waals surface area contributed by atoms with Gasteiger partial charge in [-0.25, -0.2) is 0 Å². The summed E-state index contributed by atoms with van der Waals surface area (Å²) < 4.78 is 5.45. The van der Waals surface area contributed by atoms with Crippen molar-refractivity contribution < 1.29 is 14.6 Å². The third kappa shape index (κ3) is 5.61. The van der Waals surface area contributed by atoms with Gasteiger partial charge in [-0.15, -0.1) is 10.2 Å². The first-order valence-corrected chi connectivity index (χ1v) is 9.56. The quantitative estimate of drug-likeness (QED) is 0.577. The number of amides is 1. The molecule has 8 nitrogen and oxygen atoms in total. The molecule has 1 aromatic heterocycles. The minimum Gasteiger partial charge on any atom is -0.494 e. The third-order valence-electron chi connectivity index (χ3n) is 4.46. The van der Waals surface area contributed by atoms with E-state index in [9.17, 15) is 9.90 Å². The number of nitrogens with zero attached hydrogens (tertiary/aromatic N) is 4. The molecule has 0 aliphatic carbocycles. The van der Waals surface area contributed by atoms with Crippen LogP contribution >= 0.6 is 0 Å². The molecular weight excluding hydrogens is 370 g/mol. The van der Waals surface area contributed by atoms with Crippen molar-refractivity contribution in [3.63, 3.8) is 0 Å². The number of hydrogen-bond acceptors (Lipinski definition) is 6. The van der Waals surface area contributed by atoms with E-state index in [1.807, 2.05) is 38.1 Å². The lowest BCUT2D eigenvalue weighted by atomic mass is 10.1. The summed E-state index contributed by atoms with van der Waals surface area (Å²) >= 11 is 0. The Kier molecular flexibility index (Phi) is 6.91. The van der Waals surface area contributed by atoms with Crippen LogP contribution in [0.3, 0.4) is 0 Å². The van der Waals surface area contributed by atoms with Gasteiger partial charge >= 0.3 is 0 Å². The Morgan fingerprint density at radius 1 is 1.21 bits per heavy atom. The molecule has 0 spiro atoms. The molecule has 2 N–H and O–H groups in total. The van der Waals surface area contributed by atoms with Gasteiger partial charge in [0.15, 0.2) is 5.82 Å². The van der Waals surface area contributed by atoms with Crippen LogP contribution in [0.25, 0.3) is 0 Å². The number of ether oxygens (including phenoxy) is 1. The van der Waals surface area contributed by atoms with E-state index in [2.05, 4.69) is 20.7 Å². The third-order valence-corrected chi connectivity index (χ3v) is 4.46. The van der Waals surface area contributed by atoms with Crippen molar-refractivity contribution in [2.24, 2.45) is 0 Å². The van der Waals surface area contributed by atoms with Crippen molar-refractivity contribution in [1.82, 2.24) is 20.2 Å². The summed E-state index contributed by atoms with van der Waals surface area (Å²) in [5, 5.41) is 24.7. The van der Waals surface area contributed by atoms with Gasteiger partial charge in [0, 0.05) is 24.1 Å². The molecule has 0 aliphatic heterocycles. The first-order valence-electron chi connectivity index (χ1n) is 9.56. The summed E-state index contributed by atoms with van der Waals surface area (Å²) in [5.74, 6) is 1.07. The van der Waals surface area contributed by atoms with Crippen LogP contribution < -0.4 is 10.1 Å². The van der Waals surface area contributed by atoms with Crippen LogP contribution in [0.5, 0.6) is 5.75 Å². The number of aromatic nitrogens is 4. The van der Waals surface area contributed by atoms with Gasteiger partial charge in [0.1, 0.15) is 5.75 Å². The van der Waals surface area contributed by atoms with E-state index in [1.54, 1.807) is 18.2 Å². The van der Waals surface area contributed by atoms with Gasteiger partial charge < -0.3 is 15.2 Å². The molecule has 1 amide bonds. The number of carbonyl (C=O) groups excluding carboxylic acids is 1. The lowest BCUT2D eigenvalue weighted by Crippen LogP contribution is -2.16. The largest absolute Gasteiger partial charge is 0.494 e. The Balaban J connectivity index is 1.53. The van der Waals surface area contributed by atoms with Gasteiger partial charge in [-0.2, -0.15) is 4.80 Å². The maximum Gasteiger partial charge on any atom is 0.226 e. The van der Waals surface area contributed by atoms with Crippen molar-refractivity contribution >= 4 is 11.6 Å². The maximum absolute atomic E-state index is 12.2. The number of hydrogen-bond donors (Lipinski definition) is 2. The normalized spacial score (nSPS) is 10.7. The number of anilines is 1. The van der Waals surface area contributed by atoms with Crippen LogP contribution in [0.15, 0.2) is 42.5 Å². The summed E-state index contributed by atoms with van der Waals surface area (Å²) in [6.45, 7) is 4.60. The van der Waals surface area contributed by atoms with E-state index in [4.69, 9.17) is 4.74 Å². The number of aliphatic hydroxyl groups excluding tert-OH is 1. The second kappa shape index (κ2) is 9.79. The average Bonchev–Trinajstić information content (AvgIpc) is 3.17. The molecule has 0 saturated carbocycles. The van der Waals surface area contributed by atoms with Gasteiger partial charge in [0.2, 0.25) is 5.91 Å². The van der Waals surface area contributed by atoms with Gasteiger partial charge in [-0.3, -0.25) is 4.79 Å². The Labute approximate surface area is 169 Å². The number of carbonyl (C=O) groups is 1. The van der Waals surface area contributed by atoms with Gasteiger partial charge in [0.25, 0.3) is 0 Å². The number of aryl methyl sites for hydroxylation is 2. The summed E-state index contributed by atoms with van der Waals surface area (Å²) in [6, 6.07) is 13.3. The number of aliphatic hydroxyl groups is 1. The van der Waals surface area contributed by atoms with E-state index in [-0.39, 0.29) is 18.9 Å². The molecule has 0 atom stereocenters. The molecule has 2 aromatic carbocycles. The second-order valence-corrected chi connectivity index (χ2v) is 6.62. The van der Waals surface area contributed by atoms with Gasteiger partial charge in [-0.1, -0.05) is 24.3 Å². The van der Waals surface area contributed by atoms with Crippen molar-refractivity contribution in [1.29, 1.82) is 0 Å². The molecule has 29 heavy (non-hydrogen) atoms. The highest BCUT2D eigenvalue weighted by Crippen LogP contribution is 2.23. The monoisotopic (exact) mass is 395 g/mol. The molecule has 8 heteroatoms. The van der Waals surface area contributed by atoms with Crippen LogP contribution in [-0.2, 0) is 24.4 Å². The summed E-state index contributed by atoms with van der Waals surface area (Å²) in [5.41, 5.74) is 3.57. The highest BCUT2D eigenvalue weighted by molar-refractivity contribution is 5.90. The zero-order chi connectivity index (χ0) is 20.6. The summed E-state index contributed by atoms with van der Waals surface area (Å²) in [6.07, 6.45) is 0.816. The van der Waals surface area contributed by atoms with E-state index in [0.717, 1.165) is 5.56 Å². The Morgan fingerprint density at radius 2 is 2.03 bits per heavy atom. The fourth-order valence-corrected chi connectivity index (χ4v) is 2.92. The van der Waals surface area contributed by atoms with E-state index in [1.165, 1.54) is 10.4 Å². The molecule has 3 rings (SSSR count). The lowest BCUT2D eigenvalue weighted by molar-refractivity contribution is -0.116. The minimum absolute atomic E-state index is 0.161. The minimum atomic E-state index is -0.171. The van der Waals surface area contributed by atoms with E-state index < -0.39 is 0 Å². The van der Waals surface area contributed by atoms with Crippen molar-refractivity contribution in [2.45, 2.75) is 39.8 Å². The molecule has 1 heterocycles. The first kappa shape index (κ1) is 20.5. The Morgan fingerprint density at radius 3 is 2.79 bits per heavy atom. The van der Waals surface area contributed by atoms with Crippen LogP contribution in [0.1, 0.15) is 35.9 Å². The highest BCUT2D eigenvalue weighted by atomic mass is 16.5. The van der Waals surface area contributed by atoms with Crippen molar-refractivity contribution in [3.8, 4) is 5.75 Å². The van der Waals surface area contributed by atoms with E-state index >= 15 is 0 Å². The molecule has 3 aromatic rings. The molecule has 0 saturated heterocycles. The van der Waals surface area contributed by atoms with Gasteiger partial charge in [0.05, 0.1) is 19.8 Å². The zero-order valence-electron chi connectivity index (χ0n) is 16.6. The standard InChI is InChI=1S/C21H25N5O3/c1-3-29-19-9-8-18(12-17(19)14-27)22-21(28)10-11-26-24-20(23-25-26)13-16-7-5-4-6-15(16)2/h4-9,12,27H,3,10-11,13-14H2,1-2H3,(H,22,28). The van der Waals surface area contributed by atoms with Crippen LogP contribution in [0, 0.1) is 6.92 Å². The molecule has 152 valence electrons. The average molecular weight is 395 g/mol. The topological polar surface area (TPSA) is 102 Å². The van der Waals surface area contributed by atoms with E-state index in [0.29, 0.717) is 42.4 Å². The Bertz CT molecular complexity index is 970. The maximum atomic E-state index is 12.2. The lowest BCUT2D eigenvalue weighted by Gasteiger charge is -2.11. The van der Waals surface area contributed by atoms with Crippen molar-refractivity contribution in [2.75, 3.05) is 11.9 Å². The van der Waals surface area contributed by atoms with Crippen molar-refractivity contribution in [3.05, 3.63) is 65.0 Å². The highest BCUT2D eigenvalue weighted by Gasteiger charge is 2.10. The number of benzene rings is 2. The fourth-order valence-electron chi connectivity index (χ4n) is 2.92. The predicted molar refractivity (Wildman–Crippen MR) is 109 cm³/mol. The van der Waals surface area contributed by atoms with Gasteiger partial charge in [-0.05, 0) is 48.4 Å². The second-order valence-electron chi connectivity index (χ2n) is 6.62. The SMILES string of the molecule is CCOc1ccc(NC(=O)CCn2nnc(Cc3ccccc3C)n2)cc1CO. The number of tetrazole rings is 1. The molecule has 0 bridgehead atoms. The Hall–Kier alpha value is -3.26. The number of nitrogens with one attached hydrogen (secondary N) is 1. The zero-order valence-corrected chi connectivity index (χ0v) is 16.6. The van der Waals surface area contributed by atoms with Crippen LogP contribution in [0.2, 0.25) is 0 Å². The van der Waals surface area contributed by atoms with Crippen LogP contribution in [-0.4, -0.2) is 37.8 Å². The molecule has 0 radical (unpaired) electrons. The molecule has 0 fully saturated rings. The number of rotatable bonds is 9. The molecular formula is C21H25N5O3. The first-order chi connectivity index (χ1) is 14.1. The summed E-state index contributed by atoms with van der Waals surface area (Å²) in [7, 11) is 0. The summed E-state index contributed by atoms with van der Waals surface area (Å²) in [4.78, 5) is 13.7. The molecule has 0 aliphatic rings. The fraction of sp³-hybridized carbons (Fsp3) is 0.333. The predicted octanol–water partition coefficient (Wildman–Crippen LogP) is 2.49. The molecule has 0 unspecified atom stereocenters.